The van der Waals surface area contributed by atoms with E-state index in [-0.39, 0.29) is 24.4 Å². The Bertz CT molecular complexity index is 428. The zero-order valence-corrected chi connectivity index (χ0v) is 13.9. The molecule has 3 nitrogen and oxygen atoms in total. The number of thiol groups is 1. The lowest BCUT2D eigenvalue weighted by Gasteiger charge is -2.31. The van der Waals surface area contributed by atoms with Gasteiger partial charge in [0.15, 0.2) is 0 Å². The van der Waals surface area contributed by atoms with Gasteiger partial charge in [0.2, 0.25) is 5.91 Å². The highest BCUT2D eigenvalue weighted by Crippen LogP contribution is 2.15. The molecular formula is C15H22FNO2S2. The second kappa shape index (κ2) is 10.1. The molecule has 6 heteroatoms. The van der Waals surface area contributed by atoms with E-state index < -0.39 is 0 Å². The first-order valence-corrected chi connectivity index (χ1v) is 8.89. The van der Waals surface area contributed by atoms with Crippen LogP contribution in [0, 0.1) is 5.82 Å². The van der Waals surface area contributed by atoms with Crippen LogP contribution in [0.5, 0.6) is 0 Å². The molecule has 0 saturated carbocycles. The van der Waals surface area contributed by atoms with Gasteiger partial charge in [-0.1, -0.05) is 12.1 Å². The number of carbonyl (C=O) groups excluding carboxylic acids is 1. The maximum atomic E-state index is 13.0. The second-order valence-corrected chi connectivity index (χ2v) is 6.17. The van der Waals surface area contributed by atoms with Crippen molar-refractivity contribution < 1.29 is 14.3 Å². The number of halogens is 1. The van der Waals surface area contributed by atoms with Crippen molar-refractivity contribution in [2.75, 3.05) is 24.4 Å². The monoisotopic (exact) mass is 331 g/mol. The first-order chi connectivity index (χ1) is 10.1. The molecule has 0 aromatic heterocycles. The van der Waals surface area contributed by atoms with Crippen molar-refractivity contribution >= 4 is 30.3 Å². The maximum Gasteiger partial charge on any atom is 0.224 e. The molecular weight excluding hydrogens is 309 g/mol. The molecule has 0 fully saturated rings. The Morgan fingerprint density at radius 2 is 2.10 bits per heavy atom. The Morgan fingerprint density at radius 3 is 2.62 bits per heavy atom. The standard InChI is InChI=1S/C15H22FNO2S2/c1-21-9-7-14(11-18)17(15(19)6-8-20)10-12-2-4-13(16)5-3-12/h2-5,14,18,20H,6-11H2,1H3/t14-/m0/s1. The lowest BCUT2D eigenvalue weighted by Crippen LogP contribution is -2.42. The number of aliphatic hydroxyl groups is 1. The van der Waals surface area contributed by atoms with Crippen molar-refractivity contribution in [2.45, 2.75) is 25.4 Å². The van der Waals surface area contributed by atoms with E-state index in [0.717, 1.165) is 17.7 Å². The van der Waals surface area contributed by atoms with E-state index in [1.54, 1.807) is 28.8 Å². The van der Waals surface area contributed by atoms with Gasteiger partial charge < -0.3 is 10.0 Å². The highest BCUT2D eigenvalue weighted by molar-refractivity contribution is 7.98. The predicted molar refractivity (Wildman–Crippen MR) is 89.3 cm³/mol. The summed E-state index contributed by atoms with van der Waals surface area (Å²) >= 11 is 5.78. The van der Waals surface area contributed by atoms with E-state index in [4.69, 9.17) is 0 Å². The van der Waals surface area contributed by atoms with Crippen LogP contribution < -0.4 is 0 Å². The maximum absolute atomic E-state index is 13.0. The number of thioether (sulfide) groups is 1. The lowest BCUT2D eigenvalue weighted by molar-refractivity contribution is -0.134. The largest absolute Gasteiger partial charge is 0.394 e. The number of nitrogens with zero attached hydrogens (tertiary/aromatic N) is 1. The molecule has 0 unspecified atom stereocenters. The summed E-state index contributed by atoms with van der Waals surface area (Å²) in [6, 6.07) is 5.88. The first-order valence-electron chi connectivity index (χ1n) is 6.87. The number of carbonyl (C=O) groups is 1. The SMILES string of the molecule is CSCC[C@@H](CO)N(Cc1ccc(F)cc1)C(=O)CCS. The Hall–Kier alpha value is -0.720. The van der Waals surface area contributed by atoms with Crippen LogP contribution in [0.4, 0.5) is 4.39 Å². The lowest BCUT2D eigenvalue weighted by atomic mass is 10.1. The van der Waals surface area contributed by atoms with Crippen molar-refractivity contribution in [3.63, 3.8) is 0 Å². The third-order valence-electron chi connectivity index (χ3n) is 3.22. The van der Waals surface area contributed by atoms with Crippen molar-refractivity contribution in [3.8, 4) is 0 Å². The molecule has 1 rings (SSSR count). The predicted octanol–water partition coefficient (Wildman–Crippen LogP) is 2.59. The van der Waals surface area contributed by atoms with Crippen LogP contribution in [-0.2, 0) is 11.3 Å². The fourth-order valence-electron chi connectivity index (χ4n) is 2.05. The molecule has 1 amide bonds. The van der Waals surface area contributed by atoms with Crippen molar-refractivity contribution in [3.05, 3.63) is 35.6 Å². The van der Waals surface area contributed by atoms with E-state index in [9.17, 15) is 14.3 Å². The summed E-state index contributed by atoms with van der Waals surface area (Å²) in [5, 5.41) is 9.58. The van der Waals surface area contributed by atoms with Crippen LogP contribution in [0.25, 0.3) is 0 Å². The average molecular weight is 331 g/mol. The van der Waals surface area contributed by atoms with Crippen LogP contribution in [0.3, 0.4) is 0 Å². The Kier molecular flexibility index (Phi) is 8.80. The molecule has 0 bridgehead atoms. The van der Waals surface area contributed by atoms with Crippen LogP contribution in [0.2, 0.25) is 0 Å². The first kappa shape index (κ1) is 18.3. The molecule has 0 radical (unpaired) electrons. The van der Waals surface area contributed by atoms with Gasteiger partial charge in [-0.15, -0.1) is 0 Å². The highest BCUT2D eigenvalue weighted by atomic mass is 32.2. The number of hydrogen-bond donors (Lipinski definition) is 2. The smallest absolute Gasteiger partial charge is 0.224 e. The molecule has 0 aliphatic heterocycles. The topological polar surface area (TPSA) is 40.5 Å². The van der Waals surface area contributed by atoms with Crippen molar-refractivity contribution in [1.29, 1.82) is 0 Å². The molecule has 1 aromatic carbocycles. The fourth-order valence-corrected chi connectivity index (χ4v) is 2.75. The second-order valence-electron chi connectivity index (χ2n) is 4.74. The van der Waals surface area contributed by atoms with E-state index >= 15 is 0 Å². The third kappa shape index (κ3) is 6.28. The zero-order valence-electron chi connectivity index (χ0n) is 12.2. The number of rotatable bonds is 9. The molecule has 0 saturated heterocycles. The molecule has 0 heterocycles. The fraction of sp³-hybridized carbons (Fsp3) is 0.533. The minimum Gasteiger partial charge on any atom is -0.394 e. The normalized spacial score (nSPS) is 12.2. The third-order valence-corrected chi connectivity index (χ3v) is 4.09. The van der Waals surface area contributed by atoms with Gasteiger partial charge >= 0.3 is 0 Å². The Balaban J connectivity index is 2.84. The van der Waals surface area contributed by atoms with E-state index in [1.165, 1.54) is 12.1 Å². The van der Waals surface area contributed by atoms with Gasteiger partial charge in [-0.3, -0.25) is 4.79 Å². The van der Waals surface area contributed by atoms with Crippen LogP contribution >= 0.6 is 24.4 Å². The minimum atomic E-state index is -0.298. The Labute approximate surface area is 135 Å². The summed E-state index contributed by atoms with van der Waals surface area (Å²) in [4.78, 5) is 13.9. The van der Waals surface area contributed by atoms with E-state index in [1.807, 2.05) is 6.26 Å². The summed E-state index contributed by atoms with van der Waals surface area (Å²) in [5.41, 5.74) is 0.853. The van der Waals surface area contributed by atoms with E-state index in [0.29, 0.717) is 18.7 Å². The number of hydrogen-bond acceptors (Lipinski definition) is 4. The summed E-state index contributed by atoms with van der Waals surface area (Å²) in [6.45, 7) is 0.312. The Morgan fingerprint density at radius 1 is 1.43 bits per heavy atom. The van der Waals surface area contributed by atoms with E-state index in [2.05, 4.69) is 12.6 Å². The molecule has 0 aliphatic carbocycles. The van der Waals surface area contributed by atoms with Gasteiger partial charge in [-0.2, -0.15) is 24.4 Å². The van der Waals surface area contributed by atoms with Gasteiger partial charge in [0.25, 0.3) is 0 Å². The number of benzene rings is 1. The van der Waals surface area contributed by atoms with Crippen LogP contribution in [-0.4, -0.2) is 46.3 Å². The summed E-state index contributed by atoms with van der Waals surface area (Å²) in [5.74, 6) is 1.01. The molecule has 118 valence electrons. The van der Waals surface area contributed by atoms with Crippen molar-refractivity contribution in [2.24, 2.45) is 0 Å². The molecule has 0 spiro atoms. The quantitative estimate of drug-likeness (QED) is 0.683. The highest BCUT2D eigenvalue weighted by Gasteiger charge is 2.22. The van der Waals surface area contributed by atoms with Crippen LogP contribution in [0.15, 0.2) is 24.3 Å². The number of aliphatic hydroxyl groups excluding tert-OH is 1. The van der Waals surface area contributed by atoms with Gasteiger partial charge in [-0.25, -0.2) is 4.39 Å². The summed E-state index contributed by atoms with van der Waals surface area (Å²) in [7, 11) is 0. The number of amides is 1. The molecule has 0 aliphatic rings. The van der Waals surface area contributed by atoms with Crippen molar-refractivity contribution in [1.82, 2.24) is 4.90 Å². The molecule has 1 N–H and O–H groups in total. The molecule has 21 heavy (non-hydrogen) atoms. The van der Waals surface area contributed by atoms with Gasteiger partial charge in [0.1, 0.15) is 5.82 Å². The summed E-state index contributed by atoms with van der Waals surface area (Å²) in [6.07, 6.45) is 3.06. The van der Waals surface area contributed by atoms with Gasteiger partial charge in [-0.05, 0) is 41.9 Å². The summed E-state index contributed by atoms with van der Waals surface area (Å²) < 4.78 is 13.0. The zero-order chi connectivity index (χ0) is 15.7. The molecule has 1 aromatic rings. The molecule has 1 atom stereocenters. The van der Waals surface area contributed by atoms with Gasteiger partial charge in [0.05, 0.1) is 12.6 Å². The van der Waals surface area contributed by atoms with Crippen LogP contribution in [0.1, 0.15) is 18.4 Å². The average Bonchev–Trinajstić information content (AvgIpc) is 2.49. The van der Waals surface area contributed by atoms with Gasteiger partial charge in [0, 0.05) is 13.0 Å². The minimum absolute atomic E-state index is 0.0329.